The monoisotopic (exact) mass is 154 g/mol. The first-order valence-electron chi connectivity index (χ1n) is 4.41. The van der Waals surface area contributed by atoms with Gasteiger partial charge in [0.1, 0.15) is 0 Å². The molecule has 0 aromatic heterocycles. The Morgan fingerprint density at radius 1 is 1.55 bits per heavy atom. The third-order valence-electron chi connectivity index (χ3n) is 2.50. The van der Waals surface area contributed by atoms with Crippen molar-refractivity contribution >= 4 is 5.84 Å². The third-order valence-corrected chi connectivity index (χ3v) is 2.50. The van der Waals surface area contributed by atoms with Crippen LogP contribution in [0.5, 0.6) is 0 Å². The standard InChI is InChI=1S/C9H18N2/c1-5-8-10-9(3,6-2)7-11(8)4/h5-7H2,1-4H3. The average Bonchev–Trinajstić information content (AvgIpc) is 2.27. The van der Waals surface area contributed by atoms with Crippen LogP contribution >= 0.6 is 0 Å². The van der Waals surface area contributed by atoms with Crippen LogP contribution in [-0.2, 0) is 0 Å². The summed E-state index contributed by atoms with van der Waals surface area (Å²) in [6.45, 7) is 7.69. The predicted molar refractivity (Wildman–Crippen MR) is 49.1 cm³/mol. The molecule has 0 amide bonds. The lowest BCUT2D eigenvalue weighted by Crippen LogP contribution is -2.30. The zero-order valence-electron chi connectivity index (χ0n) is 8.02. The van der Waals surface area contributed by atoms with Gasteiger partial charge in [-0.25, -0.2) is 0 Å². The molecule has 0 radical (unpaired) electrons. The Bertz CT molecular complexity index is 174. The van der Waals surface area contributed by atoms with Crippen molar-refractivity contribution in [3.8, 4) is 0 Å². The van der Waals surface area contributed by atoms with E-state index in [1.165, 1.54) is 5.84 Å². The molecule has 0 fully saturated rings. The molecule has 0 bridgehead atoms. The number of rotatable bonds is 2. The summed E-state index contributed by atoms with van der Waals surface area (Å²) in [5, 5.41) is 0. The largest absolute Gasteiger partial charge is 0.361 e. The third kappa shape index (κ3) is 1.55. The summed E-state index contributed by atoms with van der Waals surface area (Å²) in [6.07, 6.45) is 2.20. The van der Waals surface area contributed by atoms with Gasteiger partial charge < -0.3 is 4.90 Å². The van der Waals surface area contributed by atoms with Crippen LogP contribution in [0.25, 0.3) is 0 Å². The van der Waals surface area contributed by atoms with Crippen molar-refractivity contribution in [2.45, 2.75) is 39.2 Å². The van der Waals surface area contributed by atoms with Crippen molar-refractivity contribution in [2.75, 3.05) is 13.6 Å². The van der Waals surface area contributed by atoms with Gasteiger partial charge in [0.25, 0.3) is 0 Å². The maximum Gasteiger partial charge on any atom is 0.0991 e. The zero-order valence-corrected chi connectivity index (χ0v) is 8.02. The van der Waals surface area contributed by atoms with Gasteiger partial charge in [0, 0.05) is 20.0 Å². The number of nitrogens with zero attached hydrogens (tertiary/aromatic N) is 2. The van der Waals surface area contributed by atoms with E-state index in [4.69, 9.17) is 0 Å². The highest BCUT2D eigenvalue weighted by Crippen LogP contribution is 2.23. The predicted octanol–water partition coefficient (Wildman–Crippen LogP) is 1.91. The van der Waals surface area contributed by atoms with Crippen molar-refractivity contribution in [3.05, 3.63) is 0 Å². The lowest BCUT2D eigenvalue weighted by atomic mass is 10.0. The van der Waals surface area contributed by atoms with Crippen molar-refractivity contribution in [1.29, 1.82) is 0 Å². The second-order valence-corrected chi connectivity index (χ2v) is 3.59. The number of likely N-dealkylation sites (N-methyl/N-ethyl adjacent to an activating group) is 1. The summed E-state index contributed by atoms with van der Waals surface area (Å²) in [4.78, 5) is 6.95. The van der Waals surface area contributed by atoms with Crippen molar-refractivity contribution in [3.63, 3.8) is 0 Å². The first-order chi connectivity index (χ1) is 5.11. The maximum absolute atomic E-state index is 4.68. The van der Waals surface area contributed by atoms with E-state index in [1.807, 2.05) is 0 Å². The van der Waals surface area contributed by atoms with Gasteiger partial charge in [-0.15, -0.1) is 0 Å². The molecule has 11 heavy (non-hydrogen) atoms. The molecule has 0 saturated heterocycles. The highest BCUT2D eigenvalue weighted by molar-refractivity contribution is 5.84. The minimum atomic E-state index is 0.195. The molecule has 1 unspecified atom stereocenters. The fourth-order valence-electron chi connectivity index (χ4n) is 1.57. The molecule has 1 atom stereocenters. The van der Waals surface area contributed by atoms with Gasteiger partial charge in [0.2, 0.25) is 0 Å². The molecule has 0 aliphatic carbocycles. The first-order valence-corrected chi connectivity index (χ1v) is 4.41. The van der Waals surface area contributed by atoms with Crippen LogP contribution in [0.1, 0.15) is 33.6 Å². The van der Waals surface area contributed by atoms with Gasteiger partial charge in [-0.05, 0) is 13.3 Å². The number of amidine groups is 1. The van der Waals surface area contributed by atoms with E-state index in [9.17, 15) is 0 Å². The molecule has 0 saturated carbocycles. The smallest absolute Gasteiger partial charge is 0.0991 e. The van der Waals surface area contributed by atoms with E-state index in [0.29, 0.717) is 0 Å². The molecule has 0 N–H and O–H groups in total. The van der Waals surface area contributed by atoms with E-state index in [1.54, 1.807) is 0 Å². The Morgan fingerprint density at radius 3 is 2.45 bits per heavy atom. The van der Waals surface area contributed by atoms with Gasteiger partial charge >= 0.3 is 0 Å². The molecule has 1 rings (SSSR count). The molecule has 0 aromatic rings. The topological polar surface area (TPSA) is 15.6 Å². The van der Waals surface area contributed by atoms with E-state index in [0.717, 1.165) is 19.4 Å². The van der Waals surface area contributed by atoms with Crippen LogP contribution in [0.3, 0.4) is 0 Å². The van der Waals surface area contributed by atoms with Crippen LogP contribution in [0.4, 0.5) is 0 Å². The minimum absolute atomic E-state index is 0.195. The maximum atomic E-state index is 4.68. The van der Waals surface area contributed by atoms with Gasteiger partial charge in [0.15, 0.2) is 0 Å². The molecule has 2 nitrogen and oxygen atoms in total. The summed E-state index contributed by atoms with van der Waals surface area (Å²) < 4.78 is 0. The normalized spacial score (nSPS) is 30.9. The van der Waals surface area contributed by atoms with Crippen LogP contribution in [0, 0.1) is 0 Å². The SMILES string of the molecule is CCC1=NC(C)(CC)CN1C. The molecule has 64 valence electrons. The highest BCUT2D eigenvalue weighted by Gasteiger charge is 2.30. The molecule has 2 heteroatoms. The fourth-order valence-corrected chi connectivity index (χ4v) is 1.57. The number of aliphatic imine (C=N–C) groups is 1. The number of hydrogen-bond donors (Lipinski definition) is 0. The average molecular weight is 154 g/mol. The fraction of sp³-hybridized carbons (Fsp3) is 0.889. The van der Waals surface area contributed by atoms with Gasteiger partial charge in [-0.2, -0.15) is 0 Å². The minimum Gasteiger partial charge on any atom is -0.361 e. The van der Waals surface area contributed by atoms with Crippen molar-refractivity contribution < 1.29 is 0 Å². The van der Waals surface area contributed by atoms with E-state index >= 15 is 0 Å². The molecule has 1 aliphatic rings. The second-order valence-electron chi connectivity index (χ2n) is 3.59. The van der Waals surface area contributed by atoms with Gasteiger partial charge in [-0.3, -0.25) is 4.99 Å². The summed E-state index contributed by atoms with van der Waals surface area (Å²) in [6, 6.07) is 0. The Hall–Kier alpha value is -0.530. The molecule has 0 spiro atoms. The quantitative estimate of drug-likeness (QED) is 0.593. The first kappa shape index (κ1) is 8.57. The van der Waals surface area contributed by atoms with Crippen LogP contribution in [0.2, 0.25) is 0 Å². The Kier molecular flexibility index (Phi) is 2.21. The van der Waals surface area contributed by atoms with Gasteiger partial charge in [0.05, 0.1) is 11.4 Å². The van der Waals surface area contributed by atoms with Crippen LogP contribution in [0.15, 0.2) is 4.99 Å². The van der Waals surface area contributed by atoms with E-state index in [-0.39, 0.29) is 5.54 Å². The van der Waals surface area contributed by atoms with Crippen LogP contribution < -0.4 is 0 Å². The zero-order chi connectivity index (χ0) is 8.48. The van der Waals surface area contributed by atoms with Crippen molar-refractivity contribution in [1.82, 2.24) is 4.90 Å². The Morgan fingerprint density at radius 2 is 2.18 bits per heavy atom. The lowest BCUT2D eigenvalue weighted by Gasteiger charge is -2.19. The summed E-state index contributed by atoms with van der Waals surface area (Å²) in [5.41, 5.74) is 0.195. The Labute approximate surface area is 69.3 Å². The van der Waals surface area contributed by atoms with Gasteiger partial charge in [-0.1, -0.05) is 13.8 Å². The summed E-state index contributed by atoms with van der Waals surface area (Å²) in [7, 11) is 2.13. The van der Waals surface area contributed by atoms with Crippen LogP contribution in [-0.4, -0.2) is 29.9 Å². The highest BCUT2D eigenvalue weighted by atomic mass is 15.2. The molecular weight excluding hydrogens is 136 g/mol. The second kappa shape index (κ2) is 2.84. The Balaban J connectivity index is 2.73. The summed E-state index contributed by atoms with van der Waals surface area (Å²) in [5.74, 6) is 1.26. The molecule has 1 aliphatic heterocycles. The summed E-state index contributed by atoms with van der Waals surface area (Å²) >= 11 is 0. The molecule has 0 aromatic carbocycles. The van der Waals surface area contributed by atoms with E-state index < -0.39 is 0 Å². The number of hydrogen-bond acceptors (Lipinski definition) is 2. The molecule has 1 heterocycles. The molecular formula is C9H18N2. The lowest BCUT2D eigenvalue weighted by molar-refractivity contribution is 0.388. The van der Waals surface area contributed by atoms with Crippen molar-refractivity contribution in [2.24, 2.45) is 4.99 Å². The van der Waals surface area contributed by atoms with E-state index in [2.05, 4.69) is 37.7 Å².